The molecular formula is C23H20F3N5O3S. The van der Waals surface area contributed by atoms with Gasteiger partial charge in [0.2, 0.25) is 10.0 Å². The number of hydrogen-bond donors (Lipinski definition) is 0. The highest BCUT2D eigenvalue weighted by atomic mass is 32.2. The van der Waals surface area contributed by atoms with E-state index in [1.54, 1.807) is 17.9 Å². The Bertz CT molecular complexity index is 1480. The second-order valence-electron chi connectivity index (χ2n) is 8.53. The fraction of sp³-hybridized carbons (Fsp3) is 0.348. The number of rotatable bonds is 3. The maximum Gasteiger partial charge on any atom is 0.246 e. The molecule has 0 bridgehead atoms. The molecule has 0 aliphatic carbocycles. The molecule has 2 fully saturated rings. The van der Waals surface area contributed by atoms with Crippen LogP contribution in [0.2, 0.25) is 0 Å². The number of piperidine rings is 1. The molecule has 2 aliphatic heterocycles. The van der Waals surface area contributed by atoms with Crippen LogP contribution in [-0.4, -0.2) is 60.8 Å². The predicted octanol–water partition coefficient (Wildman–Crippen LogP) is 3.05. The lowest BCUT2D eigenvalue weighted by molar-refractivity contribution is -0.116. The zero-order valence-corrected chi connectivity index (χ0v) is 19.4. The molecule has 0 radical (unpaired) electrons. The molecule has 35 heavy (non-hydrogen) atoms. The van der Waals surface area contributed by atoms with Crippen LogP contribution in [0.15, 0.2) is 41.4 Å². The molecule has 5 rings (SSSR count). The minimum atomic E-state index is -4.24. The summed E-state index contributed by atoms with van der Waals surface area (Å²) >= 11 is 0. The molecule has 0 saturated carbocycles. The number of aromatic nitrogens is 2. The zero-order chi connectivity index (χ0) is 25.0. The van der Waals surface area contributed by atoms with Crippen LogP contribution >= 0.6 is 0 Å². The Morgan fingerprint density at radius 2 is 1.91 bits per heavy atom. The minimum Gasteiger partial charge on any atom is -0.355 e. The Morgan fingerprint density at radius 3 is 2.63 bits per heavy atom. The highest BCUT2D eigenvalue weighted by Crippen LogP contribution is 2.41. The van der Waals surface area contributed by atoms with Crippen molar-refractivity contribution in [1.82, 2.24) is 14.3 Å². The summed E-state index contributed by atoms with van der Waals surface area (Å²) in [7, 11) is -4.24. The van der Waals surface area contributed by atoms with Crippen molar-refractivity contribution in [1.29, 1.82) is 5.26 Å². The number of sulfonamides is 1. The first-order chi connectivity index (χ1) is 16.7. The maximum absolute atomic E-state index is 15.8. The number of nitrogens with zero attached hydrogens (tertiary/aromatic N) is 5. The number of ether oxygens (including phenoxy) is 1. The maximum atomic E-state index is 15.8. The summed E-state index contributed by atoms with van der Waals surface area (Å²) in [5, 5.41) is 9.44. The van der Waals surface area contributed by atoms with E-state index in [-0.39, 0.29) is 60.0 Å². The SMILES string of the molecule is Cc1ccc(C#N)c(S(=O)(=O)N2CCO[C@]23CCN(c2cnc4cc(F)c(F)cc4n2)C[C@H]3F)c1. The molecule has 1 aromatic heterocycles. The van der Waals surface area contributed by atoms with Gasteiger partial charge in [-0.2, -0.15) is 9.57 Å². The molecule has 0 amide bonds. The zero-order valence-electron chi connectivity index (χ0n) is 18.6. The molecule has 3 heterocycles. The molecule has 2 saturated heterocycles. The molecular weight excluding hydrogens is 483 g/mol. The number of nitriles is 1. The van der Waals surface area contributed by atoms with Crippen molar-refractivity contribution in [2.45, 2.75) is 30.1 Å². The molecule has 182 valence electrons. The van der Waals surface area contributed by atoms with Gasteiger partial charge in [-0.3, -0.25) is 4.98 Å². The number of anilines is 1. The lowest BCUT2D eigenvalue weighted by atomic mass is 9.98. The number of hydrogen-bond acceptors (Lipinski definition) is 7. The summed E-state index contributed by atoms with van der Waals surface area (Å²) in [6.07, 6.45) is -0.440. The van der Waals surface area contributed by atoms with Gasteiger partial charge < -0.3 is 9.64 Å². The summed E-state index contributed by atoms with van der Waals surface area (Å²) in [6.45, 7) is 1.58. The third-order valence-corrected chi connectivity index (χ3v) is 8.37. The van der Waals surface area contributed by atoms with E-state index in [2.05, 4.69) is 9.97 Å². The fourth-order valence-electron chi connectivity index (χ4n) is 4.63. The van der Waals surface area contributed by atoms with E-state index in [0.29, 0.717) is 5.56 Å². The van der Waals surface area contributed by atoms with E-state index in [1.807, 2.05) is 6.07 Å². The Balaban J connectivity index is 1.45. The standard InChI is InChI=1S/C23H20F3N5O3S/c1-14-2-3-15(11-27)20(8-14)35(32,33)31-6-7-34-23(31)4-5-30(13-21(23)26)22-12-28-18-9-16(24)17(25)10-19(18)29-22/h2-3,8-10,12,21H,4-7,13H2,1H3/t21-,23+/m1/s1. The van der Waals surface area contributed by atoms with Crippen LogP contribution in [0.1, 0.15) is 17.5 Å². The molecule has 0 N–H and O–H groups in total. The van der Waals surface area contributed by atoms with Crippen molar-refractivity contribution < 1.29 is 26.3 Å². The van der Waals surface area contributed by atoms with Gasteiger partial charge in [-0.05, 0) is 24.6 Å². The fourth-order valence-corrected chi connectivity index (χ4v) is 6.57. The van der Waals surface area contributed by atoms with Crippen LogP contribution in [0, 0.1) is 29.9 Å². The van der Waals surface area contributed by atoms with Crippen molar-refractivity contribution in [3.05, 3.63) is 59.3 Å². The van der Waals surface area contributed by atoms with Gasteiger partial charge in [0.1, 0.15) is 16.8 Å². The third-order valence-electron chi connectivity index (χ3n) is 6.40. The molecule has 1 spiro atoms. The molecule has 2 atom stereocenters. The average molecular weight is 504 g/mol. The van der Waals surface area contributed by atoms with Crippen molar-refractivity contribution in [3.63, 3.8) is 0 Å². The number of halogens is 3. The normalized spacial score (nSPS) is 23.2. The lowest BCUT2D eigenvalue weighted by Gasteiger charge is -2.45. The summed E-state index contributed by atoms with van der Waals surface area (Å²) in [5.41, 5.74) is -0.844. The van der Waals surface area contributed by atoms with E-state index in [9.17, 15) is 22.5 Å². The first-order valence-electron chi connectivity index (χ1n) is 10.8. The van der Waals surface area contributed by atoms with E-state index in [4.69, 9.17) is 4.74 Å². The lowest BCUT2D eigenvalue weighted by Crippen LogP contribution is -2.62. The van der Waals surface area contributed by atoms with Crippen LogP contribution in [0.3, 0.4) is 0 Å². The topological polar surface area (TPSA) is 99.4 Å². The minimum absolute atomic E-state index is 0.00791. The van der Waals surface area contributed by atoms with Crippen molar-refractivity contribution in [2.75, 3.05) is 31.1 Å². The number of alkyl halides is 1. The van der Waals surface area contributed by atoms with Crippen LogP contribution in [0.5, 0.6) is 0 Å². The van der Waals surface area contributed by atoms with E-state index in [1.165, 1.54) is 18.3 Å². The highest BCUT2D eigenvalue weighted by Gasteiger charge is 2.57. The van der Waals surface area contributed by atoms with Crippen molar-refractivity contribution >= 4 is 26.9 Å². The van der Waals surface area contributed by atoms with E-state index >= 15 is 4.39 Å². The summed E-state index contributed by atoms with van der Waals surface area (Å²) in [4.78, 5) is 9.74. The van der Waals surface area contributed by atoms with Gasteiger partial charge in [0.05, 0.1) is 35.9 Å². The molecule has 8 nitrogen and oxygen atoms in total. The Morgan fingerprint density at radius 1 is 1.17 bits per heavy atom. The number of aryl methyl sites for hydroxylation is 1. The number of benzene rings is 2. The van der Waals surface area contributed by atoms with Crippen LogP contribution in [0.25, 0.3) is 11.0 Å². The molecule has 2 aromatic carbocycles. The van der Waals surface area contributed by atoms with Gasteiger partial charge in [0.25, 0.3) is 0 Å². The molecule has 3 aromatic rings. The van der Waals surface area contributed by atoms with Crippen molar-refractivity contribution in [2.24, 2.45) is 0 Å². The summed E-state index contributed by atoms with van der Waals surface area (Å²) < 4.78 is 76.8. The Kier molecular flexibility index (Phi) is 5.66. The van der Waals surface area contributed by atoms with E-state index in [0.717, 1.165) is 16.4 Å². The van der Waals surface area contributed by atoms with Gasteiger partial charge in [-0.15, -0.1) is 0 Å². The monoisotopic (exact) mass is 503 g/mol. The molecule has 2 aliphatic rings. The summed E-state index contributed by atoms with van der Waals surface area (Å²) in [6, 6.07) is 8.20. The Hall–Kier alpha value is -3.27. The second-order valence-corrected chi connectivity index (χ2v) is 10.4. The largest absolute Gasteiger partial charge is 0.355 e. The third kappa shape index (κ3) is 3.80. The van der Waals surface area contributed by atoms with Gasteiger partial charge >= 0.3 is 0 Å². The summed E-state index contributed by atoms with van der Waals surface area (Å²) in [5.74, 6) is -1.87. The molecule has 0 unspecified atom stereocenters. The van der Waals surface area contributed by atoms with Crippen molar-refractivity contribution in [3.8, 4) is 6.07 Å². The smallest absolute Gasteiger partial charge is 0.246 e. The first-order valence-corrected chi connectivity index (χ1v) is 12.3. The Labute approximate surface area is 199 Å². The second kappa shape index (κ2) is 8.44. The van der Waals surface area contributed by atoms with E-state index < -0.39 is 33.6 Å². The van der Waals surface area contributed by atoms with Crippen LogP contribution in [0.4, 0.5) is 19.0 Å². The van der Waals surface area contributed by atoms with Crippen LogP contribution in [-0.2, 0) is 14.8 Å². The average Bonchev–Trinajstić information content (AvgIpc) is 3.27. The highest BCUT2D eigenvalue weighted by molar-refractivity contribution is 7.89. The molecule has 12 heteroatoms. The number of fused-ring (bicyclic) bond motifs is 1. The predicted molar refractivity (Wildman–Crippen MR) is 120 cm³/mol. The van der Waals surface area contributed by atoms with Gasteiger partial charge in [0, 0.05) is 31.6 Å². The van der Waals surface area contributed by atoms with Crippen LogP contribution < -0.4 is 4.90 Å². The van der Waals surface area contributed by atoms with Gasteiger partial charge in [-0.1, -0.05) is 6.07 Å². The van der Waals surface area contributed by atoms with Gasteiger partial charge in [0.15, 0.2) is 23.5 Å². The quantitative estimate of drug-likeness (QED) is 0.542. The van der Waals surface area contributed by atoms with Gasteiger partial charge in [-0.25, -0.2) is 26.6 Å². The first kappa shape index (κ1) is 23.5.